The van der Waals surface area contributed by atoms with Crippen molar-refractivity contribution in [1.29, 1.82) is 0 Å². The summed E-state index contributed by atoms with van der Waals surface area (Å²) in [5.74, 6) is 1.85. The molecule has 1 rings (SSSR count). The van der Waals surface area contributed by atoms with E-state index in [-0.39, 0.29) is 0 Å². The van der Waals surface area contributed by atoms with Crippen LogP contribution in [0, 0.1) is 11.8 Å². The van der Waals surface area contributed by atoms with Gasteiger partial charge in [0.2, 0.25) is 0 Å². The zero-order valence-electron chi connectivity index (χ0n) is 12.1. The smallest absolute Gasteiger partial charge is 0.150 e. The zero-order chi connectivity index (χ0) is 13.6. The van der Waals surface area contributed by atoms with Crippen LogP contribution in [0.15, 0.2) is 0 Å². The molecule has 0 amide bonds. The molecule has 0 aliphatic carbocycles. The van der Waals surface area contributed by atoms with Gasteiger partial charge >= 0.3 is 0 Å². The molecule has 1 heterocycles. The van der Waals surface area contributed by atoms with E-state index in [0.29, 0.717) is 23.5 Å². The summed E-state index contributed by atoms with van der Waals surface area (Å²) in [6.45, 7) is 4.48. The number of hydrogen-bond acceptors (Lipinski definition) is 3. The summed E-state index contributed by atoms with van der Waals surface area (Å²) in [4.78, 5) is 0. The minimum atomic E-state index is -2.75. The Kier molecular flexibility index (Phi) is 6.64. The first-order valence-corrected chi connectivity index (χ1v) is 9.22. The summed E-state index contributed by atoms with van der Waals surface area (Å²) in [5, 5.41) is 3.36. The fourth-order valence-electron chi connectivity index (χ4n) is 3.03. The van der Waals surface area contributed by atoms with E-state index in [1.54, 1.807) is 0 Å². The van der Waals surface area contributed by atoms with Crippen molar-refractivity contribution in [2.24, 2.45) is 11.8 Å². The number of unbranched alkanes of at least 4 members (excludes halogenated alkanes) is 1. The van der Waals surface area contributed by atoms with Crippen LogP contribution in [0.2, 0.25) is 0 Å². The summed E-state index contributed by atoms with van der Waals surface area (Å²) in [7, 11) is -0.776. The quantitative estimate of drug-likeness (QED) is 0.740. The lowest BCUT2D eigenvalue weighted by atomic mass is 9.86. The number of hydrogen-bond donors (Lipinski definition) is 1. The maximum Gasteiger partial charge on any atom is 0.150 e. The van der Waals surface area contributed by atoms with Gasteiger partial charge in [0.1, 0.15) is 0 Å². The second-order valence-electron chi connectivity index (χ2n) is 5.71. The number of rotatable bonds is 8. The molecule has 1 aliphatic heterocycles. The molecule has 0 bridgehead atoms. The van der Waals surface area contributed by atoms with Crippen LogP contribution in [0.25, 0.3) is 0 Å². The Hall–Kier alpha value is -0.0900. The highest BCUT2D eigenvalue weighted by Crippen LogP contribution is 2.28. The maximum absolute atomic E-state index is 11.6. The number of nitrogens with one attached hydrogen (secondary N) is 1. The van der Waals surface area contributed by atoms with E-state index >= 15 is 0 Å². The average molecular weight is 275 g/mol. The standard InChI is InChI=1S/C14H29NO2S/c1-4-6-7-12(5-2)10-14(15-3)13-8-9-18(16,17)11-13/h12-15H,4-11H2,1-3H3. The monoisotopic (exact) mass is 275 g/mol. The summed E-state index contributed by atoms with van der Waals surface area (Å²) < 4.78 is 23.1. The zero-order valence-corrected chi connectivity index (χ0v) is 12.9. The third kappa shape index (κ3) is 4.88. The Morgan fingerprint density at radius 3 is 2.50 bits per heavy atom. The summed E-state index contributed by atoms with van der Waals surface area (Å²) in [6.07, 6.45) is 7.00. The fraction of sp³-hybridized carbons (Fsp3) is 1.00. The van der Waals surface area contributed by atoms with Crippen molar-refractivity contribution in [3.8, 4) is 0 Å². The largest absolute Gasteiger partial charge is 0.317 e. The fourth-order valence-corrected chi connectivity index (χ4v) is 4.91. The maximum atomic E-state index is 11.6. The van der Waals surface area contributed by atoms with E-state index in [2.05, 4.69) is 19.2 Å². The lowest BCUT2D eigenvalue weighted by Crippen LogP contribution is -2.36. The lowest BCUT2D eigenvalue weighted by molar-refractivity contribution is 0.302. The summed E-state index contributed by atoms with van der Waals surface area (Å²) in [6, 6.07) is 0.379. The molecular weight excluding hydrogens is 246 g/mol. The molecule has 3 unspecified atom stereocenters. The summed E-state index contributed by atoms with van der Waals surface area (Å²) in [5.41, 5.74) is 0. The molecule has 1 fully saturated rings. The van der Waals surface area contributed by atoms with Crippen LogP contribution in [-0.2, 0) is 9.84 Å². The van der Waals surface area contributed by atoms with Gasteiger partial charge < -0.3 is 5.32 Å². The van der Waals surface area contributed by atoms with Crippen molar-refractivity contribution >= 4 is 9.84 Å². The molecule has 0 spiro atoms. The Bertz CT molecular complexity index is 327. The van der Waals surface area contributed by atoms with E-state index in [1.165, 1.54) is 25.7 Å². The van der Waals surface area contributed by atoms with Crippen LogP contribution in [0.3, 0.4) is 0 Å². The van der Waals surface area contributed by atoms with Gasteiger partial charge in [-0.05, 0) is 31.7 Å². The molecule has 0 aromatic rings. The van der Waals surface area contributed by atoms with E-state index in [9.17, 15) is 8.42 Å². The molecule has 0 aromatic heterocycles. The van der Waals surface area contributed by atoms with Crippen molar-refractivity contribution < 1.29 is 8.42 Å². The highest BCUT2D eigenvalue weighted by atomic mass is 32.2. The second-order valence-corrected chi connectivity index (χ2v) is 7.94. The molecule has 0 aromatic carbocycles. The molecule has 1 N–H and O–H groups in total. The van der Waals surface area contributed by atoms with Gasteiger partial charge in [0.05, 0.1) is 11.5 Å². The Morgan fingerprint density at radius 2 is 2.06 bits per heavy atom. The number of sulfone groups is 1. The van der Waals surface area contributed by atoms with Gasteiger partial charge in [-0.15, -0.1) is 0 Å². The van der Waals surface area contributed by atoms with Crippen molar-refractivity contribution in [3.05, 3.63) is 0 Å². The molecule has 1 saturated heterocycles. The molecule has 1 aliphatic rings. The predicted molar refractivity (Wildman–Crippen MR) is 77.5 cm³/mol. The SMILES string of the molecule is CCCCC(CC)CC(NC)C1CCS(=O)(=O)C1. The van der Waals surface area contributed by atoms with Crippen molar-refractivity contribution in [1.82, 2.24) is 5.32 Å². The average Bonchev–Trinajstić information content (AvgIpc) is 2.70. The van der Waals surface area contributed by atoms with Crippen LogP contribution in [0.4, 0.5) is 0 Å². The van der Waals surface area contributed by atoms with Crippen LogP contribution < -0.4 is 5.32 Å². The predicted octanol–water partition coefficient (Wildman–Crippen LogP) is 2.62. The van der Waals surface area contributed by atoms with Gasteiger partial charge in [-0.1, -0.05) is 39.5 Å². The third-order valence-corrected chi connectivity index (χ3v) is 6.13. The molecule has 0 radical (unpaired) electrons. The van der Waals surface area contributed by atoms with Crippen molar-refractivity contribution in [2.45, 2.75) is 58.4 Å². The highest BCUT2D eigenvalue weighted by molar-refractivity contribution is 7.91. The lowest BCUT2D eigenvalue weighted by Gasteiger charge is -2.26. The Balaban J connectivity index is 2.50. The Labute approximate surface area is 113 Å². The minimum Gasteiger partial charge on any atom is -0.317 e. The Morgan fingerprint density at radius 1 is 1.33 bits per heavy atom. The van der Waals surface area contributed by atoms with Crippen LogP contribution in [-0.4, -0.2) is 33.0 Å². The van der Waals surface area contributed by atoms with Gasteiger partial charge in [0, 0.05) is 6.04 Å². The third-order valence-electron chi connectivity index (χ3n) is 4.34. The van der Waals surface area contributed by atoms with E-state index in [4.69, 9.17) is 0 Å². The minimum absolute atomic E-state index is 0.329. The first-order chi connectivity index (χ1) is 8.52. The molecule has 108 valence electrons. The van der Waals surface area contributed by atoms with E-state index < -0.39 is 9.84 Å². The first kappa shape index (κ1) is 16.0. The molecule has 3 atom stereocenters. The topological polar surface area (TPSA) is 46.2 Å². The van der Waals surface area contributed by atoms with E-state index in [0.717, 1.165) is 18.8 Å². The second kappa shape index (κ2) is 7.49. The van der Waals surface area contributed by atoms with Gasteiger partial charge in [-0.3, -0.25) is 0 Å². The van der Waals surface area contributed by atoms with Crippen LogP contribution in [0.1, 0.15) is 52.4 Å². The van der Waals surface area contributed by atoms with Crippen LogP contribution in [0.5, 0.6) is 0 Å². The van der Waals surface area contributed by atoms with E-state index in [1.807, 2.05) is 7.05 Å². The van der Waals surface area contributed by atoms with Crippen molar-refractivity contribution in [2.75, 3.05) is 18.6 Å². The molecule has 3 nitrogen and oxygen atoms in total. The van der Waals surface area contributed by atoms with Crippen LogP contribution >= 0.6 is 0 Å². The van der Waals surface area contributed by atoms with Crippen molar-refractivity contribution in [3.63, 3.8) is 0 Å². The molecular formula is C14H29NO2S. The molecule has 4 heteroatoms. The normalized spacial score (nSPS) is 26.1. The summed E-state index contributed by atoms with van der Waals surface area (Å²) >= 11 is 0. The van der Waals surface area contributed by atoms with Gasteiger partial charge in [0.25, 0.3) is 0 Å². The van der Waals surface area contributed by atoms with Gasteiger partial charge in [-0.2, -0.15) is 0 Å². The molecule has 0 saturated carbocycles. The van der Waals surface area contributed by atoms with Gasteiger partial charge in [-0.25, -0.2) is 8.42 Å². The first-order valence-electron chi connectivity index (χ1n) is 7.40. The van der Waals surface area contributed by atoms with Gasteiger partial charge in [0.15, 0.2) is 9.84 Å². The highest BCUT2D eigenvalue weighted by Gasteiger charge is 2.33. The molecule has 18 heavy (non-hydrogen) atoms.